The van der Waals surface area contributed by atoms with Gasteiger partial charge in [-0.15, -0.1) is 0 Å². The monoisotopic (exact) mass is 283 g/mol. The SMILES string of the molecule is CCc1c(C)nn2c(O)c(Cc3ccccc3)c(=O)[nH]c12. The first-order valence-corrected chi connectivity index (χ1v) is 6.98. The minimum Gasteiger partial charge on any atom is -0.493 e. The molecule has 0 aliphatic rings. The van der Waals surface area contributed by atoms with Crippen LogP contribution in [0.3, 0.4) is 0 Å². The summed E-state index contributed by atoms with van der Waals surface area (Å²) in [5.41, 5.74) is 3.39. The van der Waals surface area contributed by atoms with Crippen molar-refractivity contribution in [2.24, 2.45) is 0 Å². The third-order valence-corrected chi connectivity index (χ3v) is 3.74. The van der Waals surface area contributed by atoms with Crippen molar-refractivity contribution in [3.8, 4) is 5.88 Å². The highest BCUT2D eigenvalue weighted by atomic mass is 16.3. The number of aromatic amines is 1. The van der Waals surface area contributed by atoms with E-state index in [0.29, 0.717) is 17.6 Å². The van der Waals surface area contributed by atoms with Crippen molar-refractivity contribution in [3.05, 3.63) is 63.1 Å². The van der Waals surface area contributed by atoms with Crippen LogP contribution in [0.15, 0.2) is 35.1 Å². The number of nitrogens with zero attached hydrogens (tertiary/aromatic N) is 2. The third-order valence-electron chi connectivity index (χ3n) is 3.74. The summed E-state index contributed by atoms with van der Waals surface area (Å²) in [6, 6.07) is 9.59. The molecule has 0 bridgehead atoms. The number of aromatic nitrogens is 3. The summed E-state index contributed by atoms with van der Waals surface area (Å²) < 4.78 is 1.42. The molecule has 3 rings (SSSR count). The first kappa shape index (κ1) is 13.4. The predicted octanol–water partition coefficient (Wildman–Crippen LogP) is 2.19. The fraction of sp³-hybridized carbons (Fsp3) is 0.250. The van der Waals surface area contributed by atoms with Crippen molar-refractivity contribution in [2.75, 3.05) is 0 Å². The molecule has 0 amide bonds. The zero-order valence-corrected chi connectivity index (χ0v) is 12.1. The van der Waals surface area contributed by atoms with Gasteiger partial charge in [-0.1, -0.05) is 37.3 Å². The second-order valence-electron chi connectivity index (χ2n) is 5.10. The highest BCUT2D eigenvalue weighted by Gasteiger charge is 2.17. The van der Waals surface area contributed by atoms with Crippen molar-refractivity contribution in [1.29, 1.82) is 0 Å². The molecular weight excluding hydrogens is 266 g/mol. The molecule has 2 aromatic heterocycles. The molecule has 0 aliphatic heterocycles. The van der Waals surface area contributed by atoms with Crippen LogP contribution in [0.5, 0.6) is 5.88 Å². The van der Waals surface area contributed by atoms with Gasteiger partial charge in [0.2, 0.25) is 5.88 Å². The fourth-order valence-electron chi connectivity index (χ4n) is 2.64. The smallest absolute Gasteiger partial charge is 0.258 e. The number of hydrogen-bond donors (Lipinski definition) is 2. The zero-order valence-electron chi connectivity index (χ0n) is 12.1. The van der Waals surface area contributed by atoms with E-state index in [1.165, 1.54) is 4.52 Å². The van der Waals surface area contributed by atoms with Gasteiger partial charge in [-0.05, 0) is 18.9 Å². The Bertz CT molecular complexity index is 847. The number of H-pyrrole nitrogens is 1. The summed E-state index contributed by atoms with van der Waals surface area (Å²) in [6.45, 7) is 3.87. The van der Waals surface area contributed by atoms with E-state index >= 15 is 0 Å². The molecule has 0 unspecified atom stereocenters. The second kappa shape index (κ2) is 5.09. The van der Waals surface area contributed by atoms with Gasteiger partial charge in [0, 0.05) is 12.0 Å². The van der Waals surface area contributed by atoms with Gasteiger partial charge in [0.05, 0.1) is 11.3 Å². The lowest BCUT2D eigenvalue weighted by atomic mass is 10.1. The summed E-state index contributed by atoms with van der Waals surface area (Å²) in [5.74, 6) is -0.0830. The van der Waals surface area contributed by atoms with E-state index in [0.717, 1.165) is 23.2 Å². The fourth-order valence-corrected chi connectivity index (χ4v) is 2.64. The number of hydrogen-bond acceptors (Lipinski definition) is 3. The van der Waals surface area contributed by atoms with Gasteiger partial charge in [-0.3, -0.25) is 4.79 Å². The molecule has 1 aromatic carbocycles. The molecule has 108 valence electrons. The van der Waals surface area contributed by atoms with Gasteiger partial charge < -0.3 is 10.1 Å². The Kier molecular flexibility index (Phi) is 3.25. The van der Waals surface area contributed by atoms with Crippen molar-refractivity contribution in [2.45, 2.75) is 26.7 Å². The number of nitrogens with one attached hydrogen (secondary N) is 1. The van der Waals surface area contributed by atoms with Crippen LogP contribution in [-0.2, 0) is 12.8 Å². The lowest BCUT2D eigenvalue weighted by molar-refractivity contribution is 0.427. The molecule has 0 saturated heterocycles. The standard InChI is InChI=1S/C16H17N3O2/c1-3-12-10(2)18-19-14(12)17-15(20)13(16(19)21)9-11-7-5-4-6-8-11/h4-8,21H,3,9H2,1-2H3,(H,17,20). The maximum Gasteiger partial charge on any atom is 0.258 e. The molecule has 2 N–H and O–H groups in total. The van der Waals surface area contributed by atoms with E-state index in [4.69, 9.17) is 0 Å². The summed E-state index contributed by atoms with van der Waals surface area (Å²) in [4.78, 5) is 15.1. The van der Waals surface area contributed by atoms with Crippen LogP contribution in [0.25, 0.3) is 5.65 Å². The number of aromatic hydroxyl groups is 1. The molecule has 0 radical (unpaired) electrons. The summed E-state index contributed by atoms with van der Waals surface area (Å²) in [7, 11) is 0. The zero-order chi connectivity index (χ0) is 15.0. The summed E-state index contributed by atoms with van der Waals surface area (Å²) >= 11 is 0. The quantitative estimate of drug-likeness (QED) is 0.774. The van der Waals surface area contributed by atoms with Crippen molar-refractivity contribution >= 4 is 5.65 Å². The normalized spacial score (nSPS) is 11.1. The lowest BCUT2D eigenvalue weighted by Crippen LogP contribution is -2.16. The molecule has 3 aromatic rings. The van der Waals surface area contributed by atoms with Gasteiger partial charge in [-0.2, -0.15) is 9.61 Å². The maximum atomic E-state index is 12.3. The van der Waals surface area contributed by atoms with Crippen molar-refractivity contribution < 1.29 is 5.11 Å². The lowest BCUT2D eigenvalue weighted by Gasteiger charge is -2.06. The van der Waals surface area contributed by atoms with E-state index < -0.39 is 0 Å². The van der Waals surface area contributed by atoms with Gasteiger partial charge in [0.1, 0.15) is 5.65 Å². The Morgan fingerprint density at radius 2 is 1.95 bits per heavy atom. The van der Waals surface area contributed by atoms with Crippen LogP contribution in [0, 0.1) is 6.92 Å². The first-order valence-electron chi connectivity index (χ1n) is 6.98. The van der Waals surface area contributed by atoms with Gasteiger partial charge in [0.15, 0.2) is 0 Å². The largest absolute Gasteiger partial charge is 0.493 e. The Hall–Kier alpha value is -2.56. The van der Waals surface area contributed by atoms with Crippen molar-refractivity contribution in [3.63, 3.8) is 0 Å². The molecule has 2 heterocycles. The van der Waals surface area contributed by atoms with Crippen LogP contribution in [-0.4, -0.2) is 19.7 Å². The van der Waals surface area contributed by atoms with Crippen LogP contribution in [0.1, 0.15) is 29.3 Å². The molecule has 0 fully saturated rings. The molecule has 0 saturated carbocycles. The summed E-state index contributed by atoms with van der Waals surface area (Å²) in [6.07, 6.45) is 1.13. The number of rotatable bonds is 3. The minimum atomic E-state index is -0.265. The summed E-state index contributed by atoms with van der Waals surface area (Å²) in [5, 5.41) is 14.7. The molecule has 21 heavy (non-hydrogen) atoms. The highest BCUT2D eigenvalue weighted by Crippen LogP contribution is 2.21. The number of benzene rings is 1. The third kappa shape index (κ3) is 2.20. The highest BCUT2D eigenvalue weighted by molar-refractivity contribution is 5.53. The Morgan fingerprint density at radius 3 is 2.62 bits per heavy atom. The van der Waals surface area contributed by atoms with E-state index in [1.807, 2.05) is 44.2 Å². The number of fused-ring (bicyclic) bond motifs is 1. The second-order valence-corrected chi connectivity index (χ2v) is 5.10. The van der Waals surface area contributed by atoms with Crippen molar-refractivity contribution in [1.82, 2.24) is 14.6 Å². The van der Waals surface area contributed by atoms with Crippen LogP contribution < -0.4 is 5.56 Å². The number of aryl methyl sites for hydroxylation is 2. The Morgan fingerprint density at radius 1 is 1.24 bits per heavy atom. The Balaban J connectivity index is 2.19. The minimum absolute atomic E-state index is 0.0830. The van der Waals surface area contributed by atoms with E-state index in [2.05, 4.69) is 10.1 Å². The Labute approximate surface area is 121 Å². The predicted molar refractivity (Wildman–Crippen MR) is 80.8 cm³/mol. The average Bonchev–Trinajstić information content (AvgIpc) is 2.80. The molecule has 5 nitrogen and oxygen atoms in total. The van der Waals surface area contributed by atoms with E-state index in [-0.39, 0.29) is 11.4 Å². The van der Waals surface area contributed by atoms with Gasteiger partial charge >= 0.3 is 0 Å². The molecule has 5 heteroatoms. The molecule has 0 atom stereocenters. The van der Waals surface area contributed by atoms with Crippen LogP contribution >= 0.6 is 0 Å². The van der Waals surface area contributed by atoms with E-state index in [1.54, 1.807) is 0 Å². The molecule has 0 spiro atoms. The first-order chi connectivity index (χ1) is 10.1. The van der Waals surface area contributed by atoms with E-state index in [9.17, 15) is 9.90 Å². The topological polar surface area (TPSA) is 70.4 Å². The van der Waals surface area contributed by atoms with Crippen LogP contribution in [0.2, 0.25) is 0 Å². The average molecular weight is 283 g/mol. The molecular formula is C16H17N3O2. The van der Waals surface area contributed by atoms with Gasteiger partial charge in [-0.25, -0.2) is 0 Å². The maximum absolute atomic E-state index is 12.3. The molecule has 0 aliphatic carbocycles. The van der Waals surface area contributed by atoms with Crippen LogP contribution in [0.4, 0.5) is 0 Å². The van der Waals surface area contributed by atoms with Gasteiger partial charge in [0.25, 0.3) is 5.56 Å².